The molecule has 0 saturated heterocycles. The summed E-state index contributed by atoms with van der Waals surface area (Å²) in [5, 5.41) is 10.0. The van der Waals surface area contributed by atoms with Crippen LogP contribution in [0.3, 0.4) is 0 Å². The number of rotatable bonds is 1. The molecule has 1 unspecified atom stereocenters. The van der Waals surface area contributed by atoms with Crippen molar-refractivity contribution in [1.82, 2.24) is 4.57 Å². The van der Waals surface area contributed by atoms with E-state index in [0.717, 1.165) is 15.4 Å². The molecule has 3 heteroatoms. The number of fused-ring (bicyclic) bond motifs is 1. The van der Waals surface area contributed by atoms with Crippen LogP contribution in [0.15, 0.2) is 34.9 Å². The van der Waals surface area contributed by atoms with E-state index >= 15 is 0 Å². The maximum Gasteiger partial charge on any atom is 0.118 e. The summed E-state index contributed by atoms with van der Waals surface area (Å²) < 4.78 is 3.01. The van der Waals surface area contributed by atoms with Crippen molar-refractivity contribution in [3.05, 3.63) is 34.9 Å². The molecular formula is C11H9BrN2. The average Bonchev–Trinajstić information content (AvgIpc) is 2.59. The second-order valence-corrected chi connectivity index (χ2v) is 4.15. The highest BCUT2D eigenvalue weighted by Crippen LogP contribution is 2.23. The second-order valence-electron chi connectivity index (χ2n) is 3.23. The molecule has 70 valence electrons. The fraction of sp³-hybridized carbons (Fsp3) is 0.182. The van der Waals surface area contributed by atoms with Gasteiger partial charge in [-0.2, -0.15) is 5.26 Å². The SMILES string of the molecule is CC(C#N)n1ccc2ccc(Br)cc21. The molecule has 0 radical (unpaired) electrons. The van der Waals surface area contributed by atoms with Gasteiger partial charge in [-0.15, -0.1) is 0 Å². The smallest absolute Gasteiger partial charge is 0.118 e. The molecule has 1 atom stereocenters. The summed E-state index contributed by atoms with van der Waals surface area (Å²) in [7, 11) is 0. The van der Waals surface area contributed by atoms with E-state index < -0.39 is 0 Å². The lowest BCUT2D eigenvalue weighted by Gasteiger charge is -2.06. The summed E-state index contributed by atoms with van der Waals surface area (Å²) in [6.45, 7) is 1.89. The minimum Gasteiger partial charge on any atom is -0.331 e. The van der Waals surface area contributed by atoms with Gasteiger partial charge in [-0.1, -0.05) is 22.0 Å². The Balaban J connectivity index is 2.68. The number of benzene rings is 1. The molecule has 0 saturated carbocycles. The van der Waals surface area contributed by atoms with Gasteiger partial charge >= 0.3 is 0 Å². The third-order valence-corrected chi connectivity index (χ3v) is 2.78. The lowest BCUT2D eigenvalue weighted by molar-refractivity contribution is 0.700. The van der Waals surface area contributed by atoms with Gasteiger partial charge in [-0.05, 0) is 30.5 Å². The van der Waals surface area contributed by atoms with Crippen LogP contribution in [0.2, 0.25) is 0 Å². The van der Waals surface area contributed by atoms with Gasteiger partial charge in [0, 0.05) is 10.7 Å². The van der Waals surface area contributed by atoms with Crippen molar-refractivity contribution >= 4 is 26.8 Å². The zero-order chi connectivity index (χ0) is 10.1. The second kappa shape index (κ2) is 3.47. The van der Waals surface area contributed by atoms with Crippen LogP contribution in [-0.2, 0) is 0 Å². The fourth-order valence-corrected chi connectivity index (χ4v) is 1.87. The lowest BCUT2D eigenvalue weighted by Crippen LogP contribution is -1.99. The molecule has 0 fully saturated rings. The Morgan fingerprint density at radius 1 is 1.43 bits per heavy atom. The van der Waals surface area contributed by atoms with Crippen LogP contribution in [0.25, 0.3) is 10.9 Å². The van der Waals surface area contributed by atoms with Gasteiger partial charge < -0.3 is 4.57 Å². The van der Waals surface area contributed by atoms with E-state index in [0.29, 0.717) is 0 Å². The molecule has 2 nitrogen and oxygen atoms in total. The van der Waals surface area contributed by atoms with E-state index in [1.165, 1.54) is 0 Å². The highest BCUT2D eigenvalue weighted by atomic mass is 79.9. The summed E-state index contributed by atoms with van der Waals surface area (Å²) >= 11 is 3.43. The molecule has 0 N–H and O–H groups in total. The lowest BCUT2D eigenvalue weighted by atomic mass is 10.2. The zero-order valence-electron chi connectivity index (χ0n) is 7.74. The first-order chi connectivity index (χ1) is 6.72. The Morgan fingerprint density at radius 3 is 2.93 bits per heavy atom. The predicted octanol–water partition coefficient (Wildman–Crippen LogP) is 3.49. The van der Waals surface area contributed by atoms with Crippen molar-refractivity contribution in [1.29, 1.82) is 5.26 Å². The fourth-order valence-electron chi connectivity index (χ4n) is 1.52. The minimum atomic E-state index is -0.123. The van der Waals surface area contributed by atoms with E-state index in [1.54, 1.807) is 0 Å². The van der Waals surface area contributed by atoms with Gasteiger partial charge in [-0.25, -0.2) is 0 Å². The minimum absolute atomic E-state index is 0.123. The standard InChI is InChI=1S/C11H9BrN2/c1-8(7-13)14-5-4-9-2-3-10(12)6-11(9)14/h2-6,8H,1H3. The monoisotopic (exact) mass is 248 g/mol. The number of nitrogens with zero attached hydrogens (tertiary/aromatic N) is 2. The summed E-state index contributed by atoms with van der Waals surface area (Å²) in [5.41, 5.74) is 1.09. The Morgan fingerprint density at radius 2 is 2.21 bits per heavy atom. The topological polar surface area (TPSA) is 28.7 Å². The number of hydrogen-bond acceptors (Lipinski definition) is 1. The Hall–Kier alpha value is -1.27. The highest BCUT2D eigenvalue weighted by Gasteiger charge is 2.06. The van der Waals surface area contributed by atoms with Crippen molar-refractivity contribution < 1.29 is 0 Å². The van der Waals surface area contributed by atoms with Gasteiger partial charge in [-0.3, -0.25) is 0 Å². The van der Waals surface area contributed by atoms with E-state index in [2.05, 4.69) is 22.0 Å². The molecule has 0 bridgehead atoms. The van der Waals surface area contributed by atoms with Gasteiger partial charge in [0.15, 0.2) is 0 Å². The molecule has 1 aromatic heterocycles. The summed E-state index contributed by atoms with van der Waals surface area (Å²) in [4.78, 5) is 0. The van der Waals surface area contributed by atoms with Crippen LogP contribution in [0.1, 0.15) is 13.0 Å². The molecule has 0 spiro atoms. The first-order valence-corrected chi connectivity index (χ1v) is 5.17. The zero-order valence-corrected chi connectivity index (χ0v) is 9.32. The van der Waals surface area contributed by atoms with E-state index in [1.807, 2.05) is 42.0 Å². The Labute approximate surface area is 90.9 Å². The highest BCUT2D eigenvalue weighted by molar-refractivity contribution is 9.10. The van der Waals surface area contributed by atoms with Crippen LogP contribution in [0, 0.1) is 11.3 Å². The molecule has 14 heavy (non-hydrogen) atoms. The van der Waals surface area contributed by atoms with Crippen molar-refractivity contribution in [3.8, 4) is 6.07 Å². The summed E-state index contributed by atoms with van der Waals surface area (Å²) in [6.07, 6.45) is 1.95. The first-order valence-electron chi connectivity index (χ1n) is 4.38. The third kappa shape index (κ3) is 1.42. The van der Waals surface area contributed by atoms with Gasteiger partial charge in [0.1, 0.15) is 6.04 Å². The first kappa shape index (κ1) is 9.29. The number of hydrogen-bond donors (Lipinski definition) is 0. The van der Waals surface area contributed by atoms with Gasteiger partial charge in [0.05, 0.1) is 11.6 Å². The van der Waals surface area contributed by atoms with Crippen molar-refractivity contribution in [2.75, 3.05) is 0 Å². The average molecular weight is 249 g/mol. The summed E-state index contributed by atoms with van der Waals surface area (Å²) in [5.74, 6) is 0. The molecule has 2 rings (SSSR count). The molecule has 2 aromatic rings. The quantitative estimate of drug-likeness (QED) is 0.760. The molecule has 1 heterocycles. The molecule has 0 aliphatic carbocycles. The number of nitriles is 1. The van der Waals surface area contributed by atoms with Crippen molar-refractivity contribution in [2.24, 2.45) is 0 Å². The normalized spacial score (nSPS) is 12.6. The van der Waals surface area contributed by atoms with E-state index in [-0.39, 0.29) is 6.04 Å². The molecule has 0 amide bonds. The number of aromatic nitrogens is 1. The van der Waals surface area contributed by atoms with Crippen LogP contribution < -0.4 is 0 Å². The third-order valence-electron chi connectivity index (χ3n) is 2.29. The maximum atomic E-state index is 8.85. The molecule has 0 aliphatic heterocycles. The Bertz CT molecular complexity index is 507. The number of halogens is 1. The van der Waals surface area contributed by atoms with Crippen LogP contribution in [0.4, 0.5) is 0 Å². The van der Waals surface area contributed by atoms with Crippen molar-refractivity contribution in [3.63, 3.8) is 0 Å². The van der Waals surface area contributed by atoms with Crippen LogP contribution >= 0.6 is 15.9 Å². The van der Waals surface area contributed by atoms with Gasteiger partial charge in [0.2, 0.25) is 0 Å². The van der Waals surface area contributed by atoms with E-state index in [4.69, 9.17) is 5.26 Å². The Kier molecular flexibility index (Phi) is 2.30. The van der Waals surface area contributed by atoms with E-state index in [9.17, 15) is 0 Å². The molecular weight excluding hydrogens is 240 g/mol. The predicted molar refractivity (Wildman–Crippen MR) is 60.0 cm³/mol. The van der Waals surface area contributed by atoms with Gasteiger partial charge in [0.25, 0.3) is 0 Å². The maximum absolute atomic E-state index is 8.85. The molecule has 1 aromatic carbocycles. The summed E-state index contributed by atoms with van der Waals surface area (Å²) in [6, 6.07) is 10.2. The largest absolute Gasteiger partial charge is 0.331 e. The van der Waals surface area contributed by atoms with Crippen LogP contribution in [-0.4, -0.2) is 4.57 Å². The molecule has 0 aliphatic rings. The van der Waals surface area contributed by atoms with Crippen molar-refractivity contribution in [2.45, 2.75) is 13.0 Å². The van der Waals surface area contributed by atoms with Crippen LogP contribution in [0.5, 0.6) is 0 Å².